The number of carbonyl (C=O) groups is 2. The van der Waals surface area contributed by atoms with Gasteiger partial charge in [-0.15, -0.1) is 23.1 Å². The molecule has 3 aromatic rings. The predicted molar refractivity (Wildman–Crippen MR) is 109 cm³/mol. The maximum absolute atomic E-state index is 12.0. The first kappa shape index (κ1) is 18.0. The van der Waals surface area contributed by atoms with E-state index in [2.05, 4.69) is 16.0 Å². The summed E-state index contributed by atoms with van der Waals surface area (Å²) in [4.78, 5) is 23.9. The first-order valence-electron chi connectivity index (χ1n) is 7.88. The minimum atomic E-state index is -0.319. The fraction of sp³-hybridized carbons (Fsp3) is 0.0526. The van der Waals surface area contributed by atoms with Crippen LogP contribution in [0.3, 0.4) is 0 Å². The summed E-state index contributed by atoms with van der Waals surface area (Å²) >= 11 is 3.12. The zero-order chi connectivity index (χ0) is 18.2. The van der Waals surface area contributed by atoms with Crippen LogP contribution >= 0.6 is 23.1 Å². The maximum atomic E-state index is 12.0. The third kappa shape index (κ3) is 5.65. The van der Waals surface area contributed by atoms with Gasteiger partial charge in [0.2, 0.25) is 5.91 Å². The van der Waals surface area contributed by atoms with E-state index in [1.165, 1.54) is 11.8 Å². The van der Waals surface area contributed by atoms with Gasteiger partial charge in [-0.1, -0.05) is 24.3 Å². The van der Waals surface area contributed by atoms with Gasteiger partial charge in [-0.05, 0) is 47.8 Å². The summed E-state index contributed by atoms with van der Waals surface area (Å²) in [5.74, 6) is 0.297. The van der Waals surface area contributed by atoms with E-state index in [4.69, 9.17) is 0 Å². The lowest BCUT2D eigenvalue weighted by Crippen LogP contribution is -2.19. The van der Waals surface area contributed by atoms with Gasteiger partial charge < -0.3 is 16.0 Å². The minimum Gasteiger partial charge on any atom is -0.325 e. The van der Waals surface area contributed by atoms with Crippen LogP contribution in [0.2, 0.25) is 0 Å². The van der Waals surface area contributed by atoms with Gasteiger partial charge in [-0.25, -0.2) is 4.79 Å². The highest BCUT2D eigenvalue weighted by Crippen LogP contribution is 2.23. The summed E-state index contributed by atoms with van der Waals surface area (Å²) in [6.45, 7) is 0. The number of thioether (sulfide) groups is 1. The molecule has 0 bridgehead atoms. The van der Waals surface area contributed by atoms with Crippen LogP contribution in [0.1, 0.15) is 0 Å². The van der Waals surface area contributed by atoms with Crippen molar-refractivity contribution in [1.29, 1.82) is 0 Å². The topological polar surface area (TPSA) is 70.2 Å². The number of hydrogen-bond donors (Lipinski definition) is 3. The Bertz CT molecular complexity index is 850. The summed E-state index contributed by atoms with van der Waals surface area (Å²) in [5.41, 5.74) is 2.05. The van der Waals surface area contributed by atoms with Crippen molar-refractivity contribution in [2.24, 2.45) is 0 Å². The smallest absolute Gasteiger partial charge is 0.323 e. The Kier molecular flexibility index (Phi) is 6.29. The first-order chi connectivity index (χ1) is 12.7. The molecule has 7 heteroatoms. The average Bonchev–Trinajstić information content (AvgIpc) is 3.16. The number of carbonyl (C=O) groups excluding carboxylic acids is 2. The molecule has 26 heavy (non-hydrogen) atoms. The second-order valence-corrected chi connectivity index (χ2v) is 7.51. The van der Waals surface area contributed by atoms with Crippen molar-refractivity contribution < 1.29 is 9.59 Å². The third-order valence-corrected chi connectivity index (χ3v) is 5.43. The molecule has 3 N–H and O–H groups in total. The van der Waals surface area contributed by atoms with Crippen LogP contribution in [0.25, 0.3) is 0 Å². The molecule has 0 saturated heterocycles. The van der Waals surface area contributed by atoms with Gasteiger partial charge in [0.25, 0.3) is 0 Å². The van der Waals surface area contributed by atoms with Crippen molar-refractivity contribution in [3.63, 3.8) is 0 Å². The van der Waals surface area contributed by atoms with Gasteiger partial charge >= 0.3 is 6.03 Å². The number of amides is 3. The van der Waals surface area contributed by atoms with Crippen LogP contribution in [0.15, 0.2) is 76.3 Å². The van der Waals surface area contributed by atoms with E-state index in [0.29, 0.717) is 17.1 Å². The highest BCUT2D eigenvalue weighted by atomic mass is 32.2. The molecule has 0 aliphatic carbocycles. The number of benzene rings is 2. The van der Waals surface area contributed by atoms with Crippen LogP contribution in [0.5, 0.6) is 0 Å². The van der Waals surface area contributed by atoms with Crippen molar-refractivity contribution in [3.05, 3.63) is 72.1 Å². The second-order valence-electron chi connectivity index (χ2n) is 5.29. The van der Waals surface area contributed by atoms with Crippen LogP contribution in [-0.4, -0.2) is 17.7 Å². The molecule has 1 aromatic heterocycles. The molecular formula is C19H17N3O2S2. The molecule has 0 aliphatic heterocycles. The highest BCUT2D eigenvalue weighted by Gasteiger charge is 2.06. The lowest BCUT2D eigenvalue weighted by Gasteiger charge is -2.09. The molecule has 0 saturated carbocycles. The Morgan fingerprint density at radius 3 is 2.00 bits per heavy atom. The summed E-state index contributed by atoms with van der Waals surface area (Å²) < 4.78 is 1.11. The number of thiophene rings is 1. The van der Waals surface area contributed by atoms with Gasteiger partial charge in [-0.2, -0.15) is 0 Å². The highest BCUT2D eigenvalue weighted by molar-refractivity contribution is 8.01. The van der Waals surface area contributed by atoms with E-state index < -0.39 is 0 Å². The normalized spacial score (nSPS) is 10.2. The minimum absolute atomic E-state index is 0.0640. The molecule has 0 atom stereocenters. The third-order valence-electron chi connectivity index (χ3n) is 3.30. The second kappa shape index (κ2) is 9.07. The van der Waals surface area contributed by atoms with Crippen molar-refractivity contribution >= 4 is 52.1 Å². The zero-order valence-corrected chi connectivity index (χ0v) is 15.4. The Morgan fingerprint density at radius 2 is 1.38 bits per heavy atom. The van der Waals surface area contributed by atoms with Crippen molar-refractivity contribution in [1.82, 2.24) is 0 Å². The molecule has 3 rings (SSSR count). The largest absolute Gasteiger partial charge is 0.325 e. The summed E-state index contributed by atoms with van der Waals surface area (Å²) in [6.07, 6.45) is 0. The van der Waals surface area contributed by atoms with Gasteiger partial charge in [-0.3, -0.25) is 4.79 Å². The number of anilines is 3. The molecule has 0 aliphatic rings. The van der Waals surface area contributed by atoms with Gasteiger partial charge in [0.05, 0.1) is 9.96 Å². The molecule has 5 nitrogen and oxygen atoms in total. The molecule has 3 amide bonds. The first-order valence-corrected chi connectivity index (χ1v) is 9.75. The van der Waals surface area contributed by atoms with E-state index >= 15 is 0 Å². The molecule has 0 radical (unpaired) electrons. The molecule has 132 valence electrons. The SMILES string of the molecule is O=C(CSc1cccs1)Nc1ccc(NC(=O)Nc2ccccc2)cc1. The summed E-state index contributed by atoms with van der Waals surface area (Å²) in [7, 11) is 0. The summed E-state index contributed by atoms with van der Waals surface area (Å²) in [6, 6.07) is 19.8. The lowest BCUT2D eigenvalue weighted by atomic mass is 10.3. The van der Waals surface area contributed by atoms with E-state index in [-0.39, 0.29) is 11.9 Å². The quantitative estimate of drug-likeness (QED) is 0.517. The average molecular weight is 383 g/mol. The van der Waals surface area contributed by atoms with E-state index in [1.54, 1.807) is 35.6 Å². The zero-order valence-electron chi connectivity index (χ0n) is 13.8. The number of urea groups is 1. The van der Waals surface area contributed by atoms with E-state index in [0.717, 1.165) is 9.90 Å². The van der Waals surface area contributed by atoms with Crippen LogP contribution < -0.4 is 16.0 Å². The van der Waals surface area contributed by atoms with Crippen LogP contribution in [0, 0.1) is 0 Å². The van der Waals surface area contributed by atoms with Crippen molar-refractivity contribution in [3.8, 4) is 0 Å². The molecule has 0 unspecified atom stereocenters. The van der Waals surface area contributed by atoms with Crippen molar-refractivity contribution in [2.75, 3.05) is 21.7 Å². The van der Waals surface area contributed by atoms with Gasteiger partial charge in [0.15, 0.2) is 0 Å². The van der Waals surface area contributed by atoms with Crippen molar-refractivity contribution in [2.45, 2.75) is 4.21 Å². The number of rotatable bonds is 6. The fourth-order valence-corrected chi connectivity index (χ4v) is 3.72. The molecule has 1 heterocycles. The Labute approximate surface area is 159 Å². The number of nitrogens with one attached hydrogen (secondary N) is 3. The molecule has 0 spiro atoms. The molecular weight excluding hydrogens is 366 g/mol. The van der Waals surface area contributed by atoms with Crippen LogP contribution in [0.4, 0.5) is 21.9 Å². The van der Waals surface area contributed by atoms with Gasteiger partial charge in [0, 0.05) is 17.1 Å². The standard InChI is InChI=1S/C19H17N3O2S2/c23-17(13-26-18-7-4-12-25-18)20-15-8-10-16(11-9-15)22-19(24)21-14-5-2-1-3-6-14/h1-12H,13H2,(H,20,23)(H2,21,22,24). The number of para-hydroxylation sites is 1. The Balaban J connectivity index is 1.46. The van der Waals surface area contributed by atoms with Crippen LogP contribution in [-0.2, 0) is 4.79 Å². The lowest BCUT2D eigenvalue weighted by molar-refractivity contribution is -0.113. The Morgan fingerprint density at radius 1 is 0.769 bits per heavy atom. The monoisotopic (exact) mass is 383 g/mol. The predicted octanol–water partition coefficient (Wildman–Crippen LogP) is 5.12. The molecule has 2 aromatic carbocycles. The van der Waals surface area contributed by atoms with Gasteiger partial charge in [0.1, 0.15) is 0 Å². The Hall–Kier alpha value is -2.77. The summed E-state index contributed by atoms with van der Waals surface area (Å²) in [5, 5.41) is 10.3. The molecule has 0 fully saturated rings. The van der Waals surface area contributed by atoms with E-state index in [9.17, 15) is 9.59 Å². The fourth-order valence-electron chi connectivity index (χ4n) is 2.13. The number of hydrogen-bond acceptors (Lipinski definition) is 4. The van der Waals surface area contributed by atoms with E-state index in [1.807, 2.05) is 47.8 Å². The maximum Gasteiger partial charge on any atom is 0.323 e.